The molecule has 6 heteroatoms. The summed E-state index contributed by atoms with van der Waals surface area (Å²) in [6.07, 6.45) is 0.288. The number of hydrogen-bond acceptors (Lipinski definition) is 3. The third kappa shape index (κ3) is 3.95. The Morgan fingerprint density at radius 3 is 2.65 bits per heavy atom. The SMILES string of the molecule is O=C(NCCC(=O)N1CCOCC1)c1ccccc1Cl. The smallest absolute Gasteiger partial charge is 0.252 e. The van der Waals surface area contributed by atoms with Gasteiger partial charge >= 0.3 is 0 Å². The summed E-state index contributed by atoms with van der Waals surface area (Å²) in [5, 5.41) is 3.11. The van der Waals surface area contributed by atoms with Crippen molar-refractivity contribution >= 4 is 23.4 Å². The second kappa shape index (κ2) is 7.26. The van der Waals surface area contributed by atoms with Crippen LogP contribution in [-0.2, 0) is 9.53 Å². The topological polar surface area (TPSA) is 58.6 Å². The van der Waals surface area contributed by atoms with Crippen LogP contribution in [-0.4, -0.2) is 49.6 Å². The van der Waals surface area contributed by atoms with Crippen molar-refractivity contribution in [3.05, 3.63) is 34.9 Å². The van der Waals surface area contributed by atoms with E-state index in [1.165, 1.54) is 0 Å². The molecular formula is C14H17ClN2O3. The number of amides is 2. The summed E-state index contributed by atoms with van der Waals surface area (Å²) < 4.78 is 5.19. The van der Waals surface area contributed by atoms with Crippen molar-refractivity contribution < 1.29 is 14.3 Å². The second-order valence-corrected chi connectivity index (χ2v) is 4.89. The molecular weight excluding hydrogens is 280 g/mol. The number of carbonyl (C=O) groups excluding carboxylic acids is 2. The Bertz CT molecular complexity index is 487. The molecule has 2 rings (SSSR count). The van der Waals surface area contributed by atoms with Crippen molar-refractivity contribution in [2.45, 2.75) is 6.42 Å². The number of carbonyl (C=O) groups is 2. The molecule has 0 saturated carbocycles. The average molecular weight is 297 g/mol. The zero-order chi connectivity index (χ0) is 14.4. The summed E-state index contributed by atoms with van der Waals surface area (Å²) in [6, 6.07) is 6.83. The molecule has 5 nitrogen and oxygen atoms in total. The van der Waals surface area contributed by atoms with Crippen molar-refractivity contribution in [2.24, 2.45) is 0 Å². The van der Waals surface area contributed by atoms with E-state index in [4.69, 9.17) is 16.3 Å². The average Bonchev–Trinajstić information content (AvgIpc) is 2.48. The van der Waals surface area contributed by atoms with E-state index in [0.717, 1.165) is 0 Å². The molecule has 0 atom stereocenters. The van der Waals surface area contributed by atoms with Crippen molar-refractivity contribution in [1.29, 1.82) is 0 Å². The molecule has 108 valence electrons. The highest BCUT2D eigenvalue weighted by Gasteiger charge is 2.17. The lowest BCUT2D eigenvalue weighted by molar-refractivity contribution is -0.135. The maximum Gasteiger partial charge on any atom is 0.252 e. The minimum Gasteiger partial charge on any atom is -0.378 e. The number of rotatable bonds is 4. The maximum absolute atomic E-state index is 11.9. The van der Waals surface area contributed by atoms with Gasteiger partial charge in [0, 0.05) is 26.1 Å². The molecule has 1 aromatic carbocycles. The van der Waals surface area contributed by atoms with Crippen LogP contribution in [0.1, 0.15) is 16.8 Å². The Labute approximate surface area is 122 Å². The number of halogens is 1. The fraction of sp³-hybridized carbons (Fsp3) is 0.429. The minimum absolute atomic E-state index is 0.0350. The van der Waals surface area contributed by atoms with Crippen LogP contribution in [0.25, 0.3) is 0 Å². The molecule has 0 aromatic heterocycles. The lowest BCUT2D eigenvalue weighted by Crippen LogP contribution is -2.42. The van der Waals surface area contributed by atoms with Gasteiger partial charge in [-0.2, -0.15) is 0 Å². The van der Waals surface area contributed by atoms with Gasteiger partial charge < -0.3 is 15.0 Å². The van der Waals surface area contributed by atoms with Crippen molar-refractivity contribution in [3.8, 4) is 0 Å². The molecule has 0 spiro atoms. The third-order valence-electron chi connectivity index (χ3n) is 3.11. The first kappa shape index (κ1) is 14.8. The predicted molar refractivity (Wildman–Crippen MR) is 75.8 cm³/mol. The van der Waals surface area contributed by atoms with Crippen molar-refractivity contribution in [1.82, 2.24) is 10.2 Å². The molecule has 0 unspecified atom stereocenters. The van der Waals surface area contributed by atoms with Gasteiger partial charge in [0.25, 0.3) is 5.91 Å². The van der Waals surface area contributed by atoms with E-state index in [-0.39, 0.29) is 18.2 Å². The predicted octanol–water partition coefficient (Wildman–Crippen LogP) is 1.32. The Hall–Kier alpha value is -1.59. The monoisotopic (exact) mass is 296 g/mol. The normalized spacial score (nSPS) is 14.9. The fourth-order valence-electron chi connectivity index (χ4n) is 1.99. The number of nitrogens with one attached hydrogen (secondary N) is 1. The number of ether oxygens (including phenoxy) is 1. The van der Waals surface area contributed by atoms with E-state index in [0.29, 0.717) is 43.4 Å². The zero-order valence-electron chi connectivity index (χ0n) is 11.1. The van der Waals surface area contributed by atoms with E-state index in [2.05, 4.69) is 5.32 Å². The summed E-state index contributed by atoms with van der Waals surface area (Å²) >= 11 is 5.93. The van der Waals surface area contributed by atoms with Crippen LogP contribution >= 0.6 is 11.6 Å². The van der Waals surface area contributed by atoms with Crippen LogP contribution in [0, 0.1) is 0 Å². The van der Waals surface area contributed by atoms with E-state index in [9.17, 15) is 9.59 Å². The van der Waals surface area contributed by atoms with E-state index in [1.807, 2.05) is 0 Å². The van der Waals surface area contributed by atoms with Gasteiger partial charge in [0.1, 0.15) is 0 Å². The lowest BCUT2D eigenvalue weighted by Gasteiger charge is -2.26. The summed E-state index contributed by atoms with van der Waals surface area (Å²) in [6.45, 7) is 2.71. The third-order valence-corrected chi connectivity index (χ3v) is 3.44. The maximum atomic E-state index is 11.9. The number of nitrogens with zero attached hydrogens (tertiary/aromatic N) is 1. The van der Waals surface area contributed by atoms with Gasteiger partial charge in [0.05, 0.1) is 23.8 Å². The molecule has 1 heterocycles. The van der Waals surface area contributed by atoms with Crippen molar-refractivity contribution in [2.75, 3.05) is 32.8 Å². The van der Waals surface area contributed by atoms with Crippen LogP contribution < -0.4 is 5.32 Å². The molecule has 1 aliphatic rings. The summed E-state index contributed by atoms with van der Waals surface area (Å²) in [5.74, 6) is -0.224. The van der Waals surface area contributed by atoms with Crippen LogP contribution in [0.4, 0.5) is 0 Å². The van der Waals surface area contributed by atoms with Crippen LogP contribution in [0.2, 0.25) is 5.02 Å². The molecule has 1 aliphatic heterocycles. The Kier molecular flexibility index (Phi) is 5.38. The molecule has 1 aromatic rings. The van der Waals surface area contributed by atoms with E-state index < -0.39 is 0 Å². The van der Waals surface area contributed by atoms with Gasteiger partial charge in [0.2, 0.25) is 5.91 Å². The van der Waals surface area contributed by atoms with Gasteiger partial charge in [-0.3, -0.25) is 9.59 Å². The van der Waals surface area contributed by atoms with Crippen molar-refractivity contribution in [3.63, 3.8) is 0 Å². The Morgan fingerprint density at radius 2 is 1.95 bits per heavy atom. The highest BCUT2D eigenvalue weighted by atomic mass is 35.5. The molecule has 20 heavy (non-hydrogen) atoms. The number of benzene rings is 1. The van der Waals surface area contributed by atoms with Gasteiger partial charge in [-0.1, -0.05) is 23.7 Å². The summed E-state index contributed by atoms with van der Waals surface area (Å²) in [5.41, 5.74) is 0.424. The highest BCUT2D eigenvalue weighted by Crippen LogP contribution is 2.14. The second-order valence-electron chi connectivity index (χ2n) is 4.48. The van der Waals surface area contributed by atoms with Gasteiger partial charge in [-0.05, 0) is 12.1 Å². The first-order valence-corrected chi connectivity index (χ1v) is 6.94. The molecule has 1 fully saturated rings. The standard InChI is InChI=1S/C14H17ClN2O3/c15-12-4-2-1-3-11(12)14(19)16-6-5-13(18)17-7-9-20-10-8-17/h1-4H,5-10H2,(H,16,19). The molecule has 0 radical (unpaired) electrons. The lowest BCUT2D eigenvalue weighted by atomic mass is 10.2. The Balaban J connectivity index is 1.76. The highest BCUT2D eigenvalue weighted by molar-refractivity contribution is 6.33. The van der Waals surface area contributed by atoms with E-state index in [1.54, 1.807) is 29.2 Å². The largest absolute Gasteiger partial charge is 0.378 e. The van der Waals surface area contributed by atoms with Gasteiger partial charge in [-0.25, -0.2) is 0 Å². The first-order valence-electron chi connectivity index (χ1n) is 6.57. The molecule has 1 saturated heterocycles. The zero-order valence-corrected chi connectivity index (χ0v) is 11.9. The van der Waals surface area contributed by atoms with Gasteiger partial charge in [-0.15, -0.1) is 0 Å². The number of hydrogen-bond donors (Lipinski definition) is 1. The van der Waals surface area contributed by atoms with Crippen LogP contribution in [0.5, 0.6) is 0 Å². The quantitative estimate of drug-likeness (QED) is 0.911. The summed E-state index contributed by atoms with van der Waals surface area (Å²) in [4.78, 5) is 25.5. The summed E-state index contributed by atoms with van der Waals surface area (Å²) in [7, 11) is 0. The Morgan fingerprint density at radius 1 is 1.25 bits per heavy atom. The minimum atomic E-state index is -0.259. The first-order chi connectivity index (χ1) is 9.68. The fourth-order valence-corrected chi connectivity index (χ4v) is 2.22. The number of morpholine rings is 1. The molecule has 0 aliphatic carbocycles. The van der Waals surface area contributed by atoms with Gasteiger partial charge in [0.15, 0.2) is 0 Å². The molecule has 0 bridgehead atoms. The van der Waals surface area contributed by atoms with Crippen LogP contribution in [0.3, 0.4) is 0 Å². The van der Waals surface area contributed by atoms with E-state index >= 15 is 0 Å². The molecule has 2 amide bonds. The van der Waals surface area contributed by atoms with Crippen LogP contribution in [0.15, 0.2) is 24.3 Å². The molecule has 1 N–H and O–H groups in total.